The van der Waals surface area contributed by atoms with E-state index in [1.165, 1.54) is 5.56 Å². The minimum Gasteiger partial charge on any atom is -0.332 e. The maximum Gasteiger partial charge on any atom is 0.258 e. The first-order valence-electron chi connectivity index (χ1n) is 9.28. The molecular formula is C23H19N3OS. The minimum atomic E-state index is -0.270. The average molecular weight is 385 g/mol. The summed E-state index contributed by atoms with van der Waals surface area (Å²) in [6.07, 6.45) is -0.270. The standard InChI is InChI=1S/C23H19N3OS/c1-15-10-12-16(13-11-15)14-25-21-17-6-2-4-8-19(17)24-23(28)26(21)20-9-5-3-7-18(20)22(25)27/h2-13,21H,14H2,1H3,(H,24,28). The van der Waals surface area contributed by atoms with E-state index in [1.54, 1.807) is 0 Å². The van der Waals surface area contributed by atoms with Crippen LogP contribution in [-0.2, 0) is 6.54 Å². The molecule has 0 fully saturated rings. The predicted molar refractivity (Wildman–Crippen MR) is 115 cm³/mol. The van der Waals surface area contributed by atoms with Gasteiger partial charge in [0.1, 0.15) is 6.17 Å². The highest BCUT2D eigenvalue weighted by molar-refractivity contribution is 7.80. The summed E-state index contributed by atoms with van der Waals surface area (Å²) < 4.78 is 0. The minimum absolute atomic E-state index is 0.0249. The Balaban J connectivity index is 1.68. The molecule has 0 radical (unpaired) electrons. The van der Waals surface area contributed by atoms with Crippen molar-refractivity contribution in [1.82, 2.24) is 4.90 Å². The molecule has 4 nitrogen and oxygen atoms in total. The topological polar surface area (TPSA) is 35.6 Å². The smallest absolute Gasteiger partial charge is 0.258 e. The van der Waals surface area contributed by atoms with Gasteiger partial charge in [-0.2, -0.15) is 0 Å². The summed E-state index contributed by atoms with van der Waals surface area (Å²) in [7, 11) is 0. The number of nitrogens with one attached hydrogen (secondary N) is 1. The van der Waals surface area contributed by atoms with Gasteiger partial charge in [-0.15, -0.1) is 0 Å². The van der Waals surface area contributed by atoms with Gasteiger partial charge in [0.15, 0.2) is 5.11 Å². The fraction of sp³-hybridized carbons (Fsp3) is 0.130. The number of nitrogens with zero attached hydrogens (tertiary/aromatic N) is 2. The molecule has 138 valence electrons. The number of para-hydroxylation sites is 2. The molecule has 3 aromatic rings. The van der Waals surface area contributed by atoms with Gasteiger partial charge in [0.05, 0.1) is 11.3 Å². The Morgan fingerprint density at radius 3 is 2.50 bits per heavy atom. The van der Waals surface area contributed by atoms with Crippen LogP contribution in [0.1, 0.15) is 33.2 Å². The number of rotatable bonds is 2. The van der Waals surface area contributed by atoms with Crippen molar-refractivity contribution >= 4 is 34.6 Å². The van der Waals surface area contributed by atoms with E-state index in [0.717, 1.165) is 22.5 Å². The van der Waals surface area contributed by atoms with Gasteiger partial charge in [0.2, 0.25) is 0 Å². The lowest BCUT2D eigenvalue weighted by atomic mass is 9.97. The number of benzene rings is 3. The van der Waals surface area contributed by atoms with Crippen molar-refractivity contribution in [1.29, 1.82) is 0 Å². The molecule has 0 saturated heterocycles. The number of thiocarbonyl (C=S) groups is 1. The summed E-state index contributed by atoms with van der Waals surface area (Å²) in [4.78, 5) is 17.5. The van der Waals surface area contributed by atoms with Gasteiger partial charge in [0.25, 0.3) is 5.91 Å². The van der Waals surface area contributed by atoms with Crippen LogP contribution < -0.4 is 10.2 Å². The van der Waals surface area contributed by atoms with Crippen molar-refractivity contribution in [3.05, 3.63) is 95.1 Å². The van der Waals surface area contributed by atoms with Gasteiger partial charge in [-0.1, -0.05) is 60.2 Å². The summed E-state index contributed by atoms with van der Waals surface area (Å²) in [5.41, 5.74) is 5.83. The summed E-state index contributed by atoms with van der Waals surface area (Å²) in [6, 6.07) is 24.1. The Bertz CT molecular complexity index is 1090. The molecule has 2 heterocycles. The van der Waals surface area contributed by atoms with Crippen LogP contribution in [0.3, 0.4) is 0 Å². The highest BCUT2D eigenvalue weighted by Gasteiger charge is 2.43. The molecular weight excluding hydrogens is 366 g/mol. The number of hydrogen-bond donors (Lipinski definition) is 1. The molecule has 1 N–H and O–H groups in total. The molecule has 2 aliphatic heterocycles. The van der Waals surface area contributed by atoms with Gasteiger partial charge in [-0.05, 0) is 42.9 Å². The number of hydrogen-bond acceptors (Lipinski definition) is 2. The SMILES string of the molecule is Cc1ccc(CN2C(=O)c3ccccc3N3C(=S)Nc4ccccc4C23)cc1. The van der Waals surface area contributed by atoms with Crippen molar-refractivity contribution in [2.75, 3.05) is 10.2 Å². The molecule has 0 aliphatic carbocycles. The van der Waals surface area contributed by atoms with Crippen LogP contribution in [0.5, 0.6) is 0 Å². The quantitative estimate of drug-likeness (QED) is 0.639. The fourth-order valence-electron chi connectivity index (χ4n) is 3.99. The van der Waals surface area contributed by atoms with E-state index in [0.29, 0.717) is 17.2 Å². The zero-order valence-electron chi connectivity index (χ0n) is 15.4. The van der Waals surface area contributed by atoms with Crippen LogP contribution >= 0.6 is 12.2 Å². The highest BCUT2D eigenvalue weighted by atomic mass is 32.1. The monoisotopic (exact) mass is 385 g/mol. The van der Waals surface area contributed by atoms with E-state index in [4.69, 9.17) is 12.2 Å². The third-order valence-electron chi connectivity index (χ3n) is 5.37. The van der Waals surface area contributed by atoms with Crippen molar-refractivity contribution in [3.8, 4) is 0 Å². The number of fused-ring (bicyclic) bond motifs is 5. The third kappa shape index (κ3) is 2.59. The zero-order valence-corrected chi connectivity index (χ0v) is 16.2. The lowest BCUT2D eigenvalue weighted by molar-refractivity contribution is 0.0645. The summed E-state index contributed by atoms with van der Waals surface area (Å²) in [5.74, 6) is 0.0249. The van der Waals surface area contributed by atoms with E-state index in [2.05, 4.69) is 47.5 Å². The van der Waals surface area contributed by atoms with Crippen LogP contribution in [-0.4, -0.2) is 15.9 Å². The van der Waals surface area contributed by atoms with Gasteiger partial charge in [-0.3, -0.25) is 9.69 Å². The molecule has 1 unspecified atom stereocenters. The normalized spacial score (nSPS) is 17.5. The average Bonchev–Trinajstić information content (AvgIpc) is 2.72. The maximum atomic E-state index is 13.5. The zero-order chi connectivity index (χ0) is 19.3. The van der Waals surface area contributed by atoms with Gasteiger partial charge >= 0.3 is 0 Å². The Kier molecular flexibility index (Phi) is 3.91. The summed E-state index contributed by atoms with van der Waals surface area (Å²) in [5, 5.41) is 3.93. The first-order chi connectivity index (χ1) is 13.6. The van der Waals surface area contributed by atoms with E-state index in [9.17, 15) is 4.79 Å². The van der Waals surface area contributed by atoms with E-state index in [1.807, 2.05) is 47.4 Å². The molecule has 28 heavy (non-hydrogen) atoms. The van der Waals surface area contributed by atoms with Crippen molar-refractivity contribution in [2.24, 2.45) is 0 Å². The van der Waals surface area contributed by atoms with E-state index in [-0.39, 0.29) is 12.1 Å². The molecule has 1 atom stereocenters. The predicted octanol–water partition coefficient (Wildman–Crippen LogP) is 4.87. The molecule has 2 aliphatic rings. The molecule has 0 bridgehead atoms. The molecule has 5 rings (SSSR count). The Morgan fingerprint density at radius 2 is 1.68 bits per heavy atom. The highest BCUT2D eigenvalue weighted by Crippen LogP contribution is 2.44. The second-order valence-electron chi connectivity index (χ2n) is 7.20. The third-order valence-corrected chi connectivity index (χ3v) is 5.67. The van der Waals surface area contributed by atoms with E-state index >= 15 is 0 Å². The molecule has 3 aromatic carbocycles. The number of amides is 1. The fourth-order valence-corrected chi connectivity index (χ4v) is 4.30. The maximum absolute atomic E-state index is 13.5. The number of aryl methyl sites for hydroxylation is 1. The summed E-state index contributed by atoms with van der Waals surface area (Å²) >= 11 is 5.71. The van der Waals surface area contributed by atoms with Gasteiger partial charge in [-0.25, -0.2) is 0 Å². The van der Waals surface area contributed by atoms with Crippen molar-refractivity contribution < 1.29 is 4.79 Å². The molecule has 1 amide bonds. The molecule has 0 saturated carbocycles. The van der Waals surface area contributed by atoms with Crippen LogP contribution in [0.25, 0.3) is 0 Å². The van der Waals surface area contributed by atoms with E-state index < -0.39 is 0 Å². The first-order valence-corrected chi connectivity index (χ1v) is 9.69. The van der Waals surface area contributed by atoms with Crippen LogP contribution in [0.4, 0.5) is 11.4 Å². The Labute approximate surface area is 169 Å². The number of carbonyl (C=O) groups is 1. The van der Waals surface area contributed by atoms with Gasteiger partial charge in [0, 0.05) is 17.8 Å². The van der Waals surface area contributed by atoms with Crippen LogP contribution in [0.15, 0.2) is 72.8 Å². The second kappa shape index (κ2) is 6.46. The molecule has 0 aromatic heterocycles. The van der Waals surface area contributed by atoms with Crippen LogP contribution in [0.2, 0.25) is 0 Å². The summed E-state index contributed by atoms with van der Waals surface area (Å²) in [6.45, 7) is 2.58. The molecule has 5 heteroatoms. The number of anilines is 2. The van der Waals surface area contributed by atoms with Crippen molar-refractivity contribution in [2.45, 2.75) is 19.6 Å². The van der Waals surface area contributed by atoms with Crippen molar-refractivity contribution in [3.63, 3.8) is 0 Å². The molecule has 0 spiro atoms. The lowest BCUT2D eigenvalue weighted by Gasteiger charge is -2.48. The lowest BCUT2D eigenvalue weighted by Crippen LogP contribution is -2.54. The Hall–Kier alpha value is -3.18. The first kappa shape index (κ1) is 17.0. The second-order valence-corrected chi connectivity index (χ2v) is 7.58. The largest absolute Gasteiger partial charge is 0.332 e. The number of carbonyl (C=O) groups excluding carboxylic acids is 1. The van der Waals surface area contributed by atoms with Gasteiger partial charge < -0.3 is 10.2 Å². The van der Waals surface area contributed by atoms with Crippen LogP contribution in [0, 0.1) is 6.92 Å². The Morgan fingerprint density at radius 1 is 0.964 bits per heavy atom.